The van der Waals surface area contributed by atoms with E-state index >= 15 is 0 Å². The molecule has 3 rings (SSSR count). The Kier molecular flexibility index (Phi) is 5.88. The second kappa shape index (κ2) is 8.89. The lowest BCUT2D eigenvalue weighted by Crippen LogP contribution is -2.34. The number of anilines is 3. The van der Waals surface area contributed by atoms with Gasteiger partial charge in [-0.05, 0) is 24.3 Å². The Hall–Kier alpha value is -4.28. The number of carbonyl (C=O) groups excluding carboxylic acids is 1. The lowest BCUT2D eigenvalue weighted by Gasteiger charge is -2.11. The lowest BCUT2D eigenvalue weighted by atomic mass is 10.3. The molecule has 1 aromatic carbocycles. The summed E-state index contributed by atoms with van der Waals surface area (Å²) < 4.78 is 5.30. The highest BCUT2D eigenvalue weighted by atomic mass is 16.6. The van der Waals surface area contributed by atoms with Gasteiger partial charge in [0.05, 0.1) is 16.8 Å². The minimum absolute atomic E-state index is 0.0507. The van der Waals surface area contributed by atoms with Crippen LogP contribution in [0.15, 0.2) is 61.2 Å². The van der Waals surface area contributed by atoms with Crippen LogP contribution >= 0.6 is 0 Å². The molecule has 0 aliphatic heterocycles. The number of nitro groups is 1. The number of para-hydroxylation sites is 1. The van der Waals surface area contributed by atoms with E-state index in [-0.39, 0.29) is 18.2 Å². The minimum Gasteiger partial charge on any atom is -0.484 e. The molecule has 3 N–H and O–H groups in total. The molecule has 0 saturated carbocycles. The van der Waals surface area contributed by atoms with Gasteiger partial charge in [0.2, 0.25) is 11.6 Å². The molecule has 11 nitrogen and oxygen atoms in total. The molecule has 0 saturated heterocycles. The van der Waals surface area contributed by atoms with E-state index in [0.29, 0.717) is 11.4 Å². The quantitative estimate of drug-likeness (QED) is 0.394. The zero-order valence-electron chi connectivity index (χ0n) is 14.4. The zero-order chi connectivity index (χ0) is 19.8. The summed E-state index contributed by atoms with van der Waals surface area (Å²) in [7, 11) is 0. The molecule has 0 aliphatic carbocycles. The number of hydrogen-bond acceptors (Lipinski definition) is 9. The van der Waals surface area contributed by atoms with Crippen LogP contribution in [0.1, 0.15) is 0 Å². The van der Waals surface area contributed by atoms with Crippen molar-refractivity contribution in [2.24, 2.45) is 0 Å². The molecular formula is C17H15N7O4. The summed E-state index contributed by atoms with van der Waals surface area (Å²) in [6.07, 6.45) is 4.18. The molecule has 2 heterocycles. The van der Waals surface area contributed by atoms with Crippen molar-refractivity contribution >= 4 is 28.9 Å². The normalized spacial score (nSPS) is 10.0. The van der Waals surface area contributed by atoms with Crippen molar-refractivity contribution in [1.82, 2.24) is 20.4 Å². The van der Waals surface area contributed by atoms with E-state index in [1.165, 1.54) is 6.20 Å². The van der Waals surface area contributed by atoms with Crippen LogP contribution in [0, 0.1) is 10.1 Å². The van der Waals surface area contributed by atoms with Gasteiger partial charge in [-0.15, -0.1) is 0 Å². The Morgan fingerprint density at radius 1 is 1.11 bits per heavy atom. The molecule has 3 aromatic rings. The van der Waals surface area contributed by atoms with Crippen molar-refractivity contribution in [3.05, 3.63) is 71.3 Å². The molecular weight excluding hydrogens is 366 g/mol. The monoisotopic (exact) mass is 381 g/mol. The average molecular weight is 381 g/mol. The number of pyridine rings is 1. The van der Waals surface area contributed by atoms with Crippen LogP contribution in [0.25, 0.3) is 0 Å². The van der Waals surface area contributed by atoms with E-state index in [9.17, 15) is 14.9 Å². The first-order valence-corrected chi connectivity index (χ1v) is 8.02. The Balaban J connectivity index is 1.66. The van der Waals surface area contributed by atoms with Gasteiger partial charge in [0.1, 0.15) is 12.1 Å². The third kappa shape index (κ3) is 4.88. The number of amides is 1. The molecule has 0 atom stereocenters. The van der Waals surface area contributed by atoms with E-state index in [4.69, 9.17) is 4.74 Å². The smallest absolute Gasteiger partial charge is 0.355 e. The molecule has 0 spiro atoms. The lowest BCUT2D eigenvalue weighted by molar-refractivity contribution is -0.383. The molecule has 0 unspecified atom stereocenters. The Morgan fingerprint density at radius 3 is 2.61 bits per heavy atom. The maximum Gasteiger partial charge on any atom is 0.355 e. The number of aromatic nitrogens is 3. The first-order valence-electron chi connectivity index (χ1n) is 8.02. The molecule has 11 heteroatoms. The van der Waals surface area contributed by atoms with Crippen molar-refractivity contribution in [3.8, 4) is 5.75 Å². The number of ether oxygens (including phenoxy) is 1. The third-order valence-electron chi connectivity index (χ3n) is 3.36. The summed E-state index contributed by atoms with van der Waals surface area (Å²) in [5, 5.41) is 14.3. The minimum atomic E-state index is -0.659. The second-order valence-corrected chi connectivity index (χ2v) is 5.32. The topological polar surface area (TPSA) is 144 Å². The van der Waals surface area contributed by atoms with Gasteiger partial charge in [-0.3, -0.25) is 30.7 Å². The molecule has 142 valence electrons. The maximum absolute atomic E-state index is 11.9. The first-order chi connectivity index (χ1) is 13.6. The Labute approximate surface area is 158 Å². The number of nitrogens with zero attached hydrogens (tertiary/aromatic N) is 4. The molecule has 1 amide bonds. The number of hydrogen-bond donors (Lipinski definition) is 3. The van der Waals surface area contributed by atoms with Crippen LogP contribution in [-0.2, 0) is 4.79 Å². The second-order valence-electron chi connectivity index (χ2n) is 5.32. The van der Waals surface area contributed by atoms with Gasteiger partial charge < -0.3 is 10.1 Å². The Morgan fingerprint density at radius 2 is 1.89 bits per heavy atom. The predicted octanol–water partition coefficient (Wildman–Crippen LogP) is 2.05. The Bertz CT molecular complexity index is 954. The number of hydrazine groups is 1. The highest BCUT2D eigenvalue weighted by molar-refractivity contribution is 5.80. The summed E-state index contributed by atoms with van der Waals surface area (Å²) in [4.78, 5) is 34.4. The van der Waals surface area contributed by atoms with Crippen LogP contribution in [-0.4, -0.2) is 32.4 Å². The van der Waals surface area contributed by atoms with Crippen LogP contribution in [0.2, 0.25) is 0 Å². The van der Waals surface area contributed by atoms with Crippen LogP contribution in [0.3, 0.4) is 0 Å². The van der Waals surface area contributed by atoms with Gasteiger partial charge in [-0.1, -0.05) is 18.2 Å². The van der Waals surface area contributed by atoms with Gasteiger partial charge in [0, 0.05) is 6.20 Å². The summed E-state index contributed by atoms with van der Waals surface area (Å²) in [5.74, 6) is -0.253. The van der Waals surface area contributed by atoms with Gasteiger partial charge in [-0.2, -0.15) is 0 Å². The number of carbonyl (C=O) groups is 1. The summed E-state index contributed by atoms with van der Waals surface area (Å²) in [6, 6.07) is 12.1. The van der Waals surface area contributed by atoms with Crippen molar-refractivity contribution in [1.29, 1.82) is 0 Å². The van der Waals surface area contributed by atoms with Crippen molar-refractivity contribution in [3.63, 3.8) is 0 Å². The van der Waals surface area contributed by atoms with E-state index < -0.39 is 16.5 Å². The molecule has 0 aliphatic rings. The maximum atomic E-state index is 11.9. The largest absolute Gasteiger partial charge is 0.484 e. The molecule has 0 bridgehead atoms. The van der Waals surface area contributed by atoms with Gasteiger partial charge in [0.25, 0.3) is 5.91 Å². The van der Waals surface area contributed by atoms with Gasteiger partial charge in [-0.25, -0.2) is 9.97 Å². The number of rotatable bonds is 8. The van der Waals surface area contributed by atoms with E-state index in [2.05, 4.69) is 31.1 Å². The molecule has 28 heavy (non-hydrogen) atoms. The fourth-order valence-electron chi connectivity index (χ4n) is 2.14. The third-order valence-corrected chi connectivity index (χ3v) is 3.36. The molecule has 0 radical (unpaired) electrons. The average Bonchev–Trinajstić information content (AvgIpc) is 2.72. The van der Waals surface area contributed by atoms with E-state index in [0.717, 1.165) is 6.33 Å². The standard InChI is InChI=1S/C17H15N7O4/c25-14(10-28-13-6-2-1-3-7-13)22-23-17-15(24(26)27)16(19-11-20-17)21-12-5-4-8-18-9-12/h1-9,11H,10H2,(H,22,25)(H2,19,20,21,23). The summed E-state index contributed by atoms with van der Waals surface area (Å²) in [5.41, 5.74) is 4.81. The molecule has 0 fully saturated rings. The van der Waals surface area contributed by atoms with Crippen LogP contribution < -0.4 is 20.9 Å². The first kappa shape index (κ1) is 18.5. The SMILES string of the molecule is O=C(COc1ccccc1)NNc1ncnc(Nc2cccnc2)c1[N+](=O)[O-]. The van der Waals surface area contributed by atoms with Crippen molar-refractivity contribution in [2.75, 3.05) is 17.3 Å². The van der Waals surface area contributed by atoms with E-state index in [1.807, 2.05) is 6.07 Å². The zero-order valence-corrected chi connectivity index (χ0v) is 14.4. The van der Waals surface area contributed by atoms with Crippen LogP contribution in [0.4, 0.5) is 23.0 Å². The summed E-state index contributed by atoms with van der Waals surface area (Å²) >= 11 is 0. The highest BCUT2D eigenvalue weighted by Gasteiger charge is 2.23. The van der Waals surface area contributed by atoms with Crippen LogP contribution in [0.5, 0.6) is 5.75 Å². The molecule has 2 aromatic heterocycles. The number of benzene rings is 1. The van der Waals surface area contributed by atoms with E-state index in [1.54, 1.807) is 42.6 Å². The number of nitrogens with one attached hydrogen (secondary N) is 3. The predicted molar refractivity (Wildman–Crippen MR) is 99.9 cm³/mol. The fourth-order valence-corrected chi connectivity index (χ4v) is 2.14. The van der Waals surface area contributed by atoms with Crippen molar-refractivity contribution < 1.29 is 14.5 Å². The fraction of sp³-hybridized carbons (Fsp3) is 0.0588. The highest BCUT2D eigenvalue weighted by Crippen LogP contribution is 2.30. The summed E-state index contributed by atoms with van der Waals surface area (Å²) in [6.45, 7) is -0.281. The van der Waals surface area contributed by atoms with Gasteiger partial charge in [0.15, 0.2) is 6.61 Å². The van der Waals surface area contributed by atoms with Gasteiger partial charge >= 0.3 is 5.69 Å². The van der Waals surface area contributed by atoms with Crippen molar-refractivity contribution in [2.45, 2.75) is 0 Å².